The lowest BCUT2D eigenvalue weighted by molar-refractivity contribution is -0.135. The van der Waals surface area contributed by atoms with Crippen LogP contribution in [0.25, 0.3) is 0 Å². The van der Waals surface area contributed by atoms with Crippen LogP contribution in [0.4, 0.5) is 0 Å². The van der Waals surface area contributed by atoms with Crippen LogP contribution >= 0.6 is 0 Å². The molecule has 1 aliphatic rings. The fourth-order valence-electron chi connectivity index (χ4n) is 2.61. The minimum Gasteiger partial charge on any atom is -0.461 e. The zero-order valence-corrected chi connectivity index (χ0v) is 12.6. The first-order chi connectivity index (χ1) is 11.2. The van der Waals surface area contributed by atoms with E-state index in [2.05, 4.69) is 10.5 Å². The zero-order chi connectivity index (χ0) is 16.2. The molecule has 2 atom stereocenters. The smallest absolute Gasteiger partial charge is 0.355 e. The summed E-state index contributed by atoms with van der Waals surface area (Å²) in [6.07, 6.45) is 1.44. The van der Waals surface area contributed by atoms with Gasteiger partial charge in [-0.1, -0.05) is 30.3 Å². The molecule has 0 aliphatic carbocycles. The summed E-state index contributed by atoms with van der Waals surface area (Å²) in [4.78, 5) is 24.8. The highest BCUT2D eigenvalue weighted by atomic mass is 16.5. The number of hydrogen-bond donors (Lipinski definition) is 1. The number of furan rings is 1. The Balaban J connectivity index is 1.95. The Bertz CT molecular complexity index is 722. The van der Waals surface area contributed by atoms with Crippen molar-refractivity contribution in [3.05, 3.63) is 60.1 Å². The molecule has 6 heteroatoms. The molecule has 0 saturated heterocycles. The van der Waals surface area contributed by atoms with Gasteiger partial charge in [0.15, 0.2) is 11.5 Å². The van der Waals surface area contributed by atoms with Crippen molar-refractivity contribution in [2.75, 3.05) is 6.61 Å². The van der Waals surface area contributed by atoms with E-state index < -0.39 is 17.9 Å². The minimum atomic E-state index is -0.706. The molecule has 0 bridgehead atoms. The first kappa shape index (κ1) is 15.0. The second-order valence-electron chi connectivity index (χ2n) is 5.05. The standard InChI is InChI=1S/C17H16N2O4/c1-2-22-17(21)15-13(11-7-4-3-5-8-11)14(18-19-15)16(20)12-9-6-10-23-12/h3-10,13-14,18H,2H2,1H3. The number of nitrogens with one attached hydrogen (secondary N) is 1. The number of hydrogen-bond acceptors (Lipinski definition) is 6. The summed E-state index contributed by atoms with van der Waals surface area (Å²) in [5.41, 5.74) is 3.77. The van der Waals surface area contributed by atoms with Crippen LogP contribution in [-0.2, 0) is 9.53 Å². The van der Waals surface area contributed by atoms with E-state index in [0.717, 1.165) is 5.56 Å². The van der Waals surface area contributed by atoms with Gasteiger partial charge in [0.2, 0.25) is 5.78 Å². The largest absolute Gasteiger partial charge is 0.461 e. The number of Topliss-reactive ketones (excluding diaryl/α,β-unsaturated/α-hetero) is 1. The lowest BCUT2D eigenvalue weighted by Gasteiger charge is -2.18. The van der Waals surface area contributed by atoms with Crippen molar-refractivity contribution in [1.82, 2.24) is 5.43 Å². The van der Waals surface area contributed by atoms with E-state index in [-0.39, 0.29) is 23.9 Å². The van der Waals surface area contributed by atoms with Crippen LogP contribution < -0.4 is 5.43 Å². The fraction of sp³-hybridized carbons (Fsp3) is 0.235. The summed E-state index contributed by atoms with van der Waals surface area (Å²) in [6.45, 7) is 1.97. The van der Waals surface area contributed by atoms with Gasteiger partial charge in [0, 0.05) is 0 Å². The average molecular weight is 312 g/mol. The number of carbonyl (C=O) groups is 2. The van der Waals surface area contributed by atoms with E-state index >= 15 is 0 Å². The molecule has 2 heterocycles. The monoisotopic (exact) mass is 312 g/mol. The summed E-state index contributed by atoms with van der Waals surface area (Å²) in [5.74, 6) is -1.08. The maximum absolute atomic E-state index is 12.6. The number of benzene rings is 1. The Morgan fingerprint density at radius 2 is 2.00 bits per heavy atom. The third-order valence-corrected chi connectivity index (χ3v) is 3.64. The van der Waals surface area contributed by atoms with Crippen molar-refractivity contribution in [1.29, 1.82) is 0 Å². The lowest BCUT2D eigenvalue weighted by atomic mass is 9.86. The molecule has 6 nitrogen and oxygen atoms in total. The number of esters is 1. The molecule has 1 aliphatic heterocycles. The Morgan fingerprint density at radius 1 is 1.22 bits per heavy atom. The molecule has 0 radical (unpaired) electrons. The average Bonchev–Trinajstić information content (AvgIpc) is 3.25. The number of hydrazone groups is 1. The predicted octanol–water partition coefficient (Wildman–Crippen LogP) is 2.14. The third-order valence-electron chi connectivity index (χ3n) is 3.64. The van der Waals surface area contributed by atoms with Crippen LogP contribution in [0.5, 0.6) is 0 Å². The Kier molecular flexibility index (Phi) is 4.23. The maximum atomic E-state index is 12.6. The van der Waals surface area contributed by atoms with Gasteiger partial charge in [-0.3, -0.25) is 10.2 Å². The first-order valence-electron chi connectivity index (χ1n) is 7.35. The Hall–Kier alpha value is -2.89. The van der Waals surface area contributed by atoms with Crippen LogP contribution in [-0.4, -0.2) is 30.1 Å². The van der Waals surface area contributed by atoms with Crippen molar-refractivity contribution >= 4 is 17.5 Å². The third kappa shape index (κ3) is 2.88. The highest BCUT2D eigenvalue weighted by Crippen LogP contribution is 2.28. The molecule has 23 heavy (non-hydrogen) atoms. The zero-order valence-electron chi connectivity index (χ0n) is 12.6. The van der Waals surface area contributed by atoms with Crippen molar-refractivity contribution in [2.24, 2.45) is 5.10 Å². The SMILES string of the molecule is CCOC(=O)C1=NNC(C(=O)c2ccco2)C1c1ccccc1. The van der Waals surface area contributed by atoms with E-state index in [1.165, 1.54) is 6.26 Å². The van der Waals surface area contributed by atoms with Crippen LogP contribution in [0, 0.1) is 0 Å². The summed E-state index contributed by atoms with van der Waals surface area (Å²) in [7, 11) is 0. The van der Waals surface area contributed by atoms with Crippen LogP contribution in [0.1, 0.15) is 29.0 Å². The van der Waals surface area contributed by atoms with Gasteiger partial charge in [-0.2, -0.15) is 5.10 Å². The molecule has 1 aromatic carbocycles. The molecular formula is C17H16N2O4. The second kappa shape index (κ2) is 6.48. The van der Waals surface area contributed by atoms with Gasteiger partial charge in [-0.05, 0) is 24.6 Å². The molecule has 0 spiro atoms. The van der Waals surface area contributed by atoms with Crippen molar-refractivity contribution in [3.8, 4) is 0 Å². The van der Waals surface area contributed by atoms with Crippen LogP contribution in [0.2, 0.25) is 0 Å². The van der Waals surface area contributed by atoms with Gasteiger partial charge in [0.25, 0.3) is 0 Å². The van der Waals surface area contributed by atoms with Crippen molar-refractivity contribution < 1.29 is 18.7 Å². The maximum Gasteiger partial charge on any atom is 0.355 e. The first-order valence-corrected chi connectivity index (χ1v) is 7.35. The highest BCUT2D eigenvalue weighted by Gasteiger charge is 2.42. The molecule has 0 saturated carbocycles. The van der Waals surface area contributed by atoms with Gasteiger partial charge < -0.3 is 9.15 Å². The Labute approximate surface area is 133 Å². The van der Waals surface area contributed by atoms with Crippen LogP contribution in [0.3, 0.4) is 0 Å². The quantitative estimate of drug-likeness (QED) is 0.676. The molecule has 1 N–H and O–H groups in total. The minimum absolute atomic E-state index is 0.197. The van der Waals surface area contributed by atoms with Gasteiger partial charge in [-0.25, -0.2) is 4.79 Å². The van der Waals surface area contributed by atoms with Crippen molar-refractivity contribution in [2.45, 2.75) is 18.9 Å². The molecule has 1 aromatic heterocycles. The van der Waals surface area contributed by atoms with E-state index in [4.69, 9.17) is 9.15 Å². The van der Waals surface area contributed by atoms with E-state index in [9.17, 15) is 9.59 Å². The van der Waals surface area contributed by atoms with Gasteiger partial charge >= 0.3 is 5.97 Å². The molecule has 0 amide bonds. The lowest BCUT2D eigenvalue weighted by Crippen LogP contribution is -2.37. The highest BCUT2D eigenvalue weighted by molar-refractivity contribution is 6.40. The fourth-order valence-corrected chi connectivity index (χ4v) is 2.61. The molecule has 3 rings (SSSR count). The van der Waals surface area contributed by atoms with E-state index in [1.807, 2.05) is 30.3 Å². The number of ketones is 1. The van der Waals surface area contributed by atoms with Crippen LogP contribution in [0.15, 0.2) is 58.2 Å². The summed E-state index contributed by atoms with van der Waals surface area (Å²) < 4.78 is 10.2. The summed E-state index contributed by atoms with van der Waals surface area (Å²) >= 11 is 0. The summed E-state index contributed by atoms with van der Waals surface area (Å²) in [5, 5.41) is 4.05. The number of rotatable bonds is 5. The molecule has 2 aromatic rings. The number of carbonyl (C=O) groups excluding carboxylic acids is 2. The normalized spacial score (nSPS) is 19.8. The Morgan fingerprint density at radius 3 is 2.65 bits per heavy atom. The van der Waals surface area contributed by atoms with Gasteiger partial charge in [0.05, 0.1) is 18.8 Å². The molecule has 0 fully saturated rings. The molecule has 118 valence electrons. The number of nitrogens with zero attached hydrogens (tertiary/aromatic N) is 1. The number of ether oxygens (including phenoxy) is 1. The van der Waals surface area contributed by atoms with E-state index in [0.29, 0.717) is 0 Å². The van der Waals surface area contributed by atoms with E-state index in [1.54, 1.807) is 19.1 Å². The topological polar surface area (TPSA) is 80.9 Å². The predicted molar refractivity (Wildman–Crippen MR) is 83.2 cm³/mol. The van der Waals surface area contributed by atoms with Gasteiger partial charge in [0.1, 0.15) is 6.04 Å². The summed E-state index contributed by atoms with van der Waals surface area (Å²) in [6, 6.07) is 11.8. The van der Waals surface area contributed by atoms with Gasteiger partial charge in [-0.15, -0.1) is 0 Å². The molecule has 2 unspecified atom stereocenters. The van der Waals surface area contributed by atoms with Crippen molar-refractivity contribution in [3.63, 3.8) is 0 Å². The second-order valence-corrected chi connectivity index (χ2v) is 5.05. The molecular weight excluding hydrogens is 296 g/mol.